The molecule has 0 bridgehead atoms. The van der Waals surface area contributed by atoms with E-state index < -0.39 is 11.7 Å². The van der Waals surface area contributed by atoms with Crippen LogP contribution in [0.1, 0.15) is 28.6 Å². The molecule has 0 aliphatic carbocycles. The molecule has 146 valence electrons. The second-order valence-electron chi connectivity index (χ2n) is 6.79. The largest absolute Gasteiger partial charge is 0.416 e. The Balaban J connectivity index is 1.53. The van der Waals surface area contributed by atoms with Crippen molar-refractivity contribution in [2.75, 3.05) is 18.1 Å². The summed E-state index contributed by atoms with van der Waals surface area (Å²) in [4.78, 5) is 2.10. The van der Waals surface area contributed by atoms with Gasteiger partial charge in [0.1, 0.15) is 5.69 Å². The summed E-state index contributed by atoms with van der Waals surface area (Å²) in [5.41, 5.74) is 2.65. The van der Waals surface area contributed by atoms with E-state index in [0.717, 1.165) is 29.9 Å². The number of aryl methyl sites for hydroxylation is 1. The van der Waals surface area contributed by atoms with Crippen molar-refractivity contribution in [1.29, 1.82) is 0 Å². The van der Waals surface area contributed by atoms with Crippen molar-refractivity contribution in [2.45, 2.75) is 25.9 Å². The van der Waals surface area contributed by atoms with Crippen molar-refractivity contribution >= 4 is 5.69 Å². The maximum Gasteiger partial charge on any atom is 0.416 e. The van der Waals surface area contributed by atoms with E-state index in [1.165, 1.54) is 10.7 Å². The first-order chi connectivity index (χ1) is 13.4. The third-order valence-electron chi connectivity index (χ3n) is 4.63. The molecule has 1 aliphatic rings. The standard InChI is InChI=1S/C20H19F3N4O/c1-14-4-2-7-17(10-14)27-8-9-28-19(27)18-13-26(25-24-18)12-15-5-3-6-16(11-15)20(21,22)23/h2-7,10-11,13,19H,8-9,12H2,1H3/t19-/m0/s1. The Labute approximate surface area is 160 Å². The van der Waals surface area contributed by atoms with Gasteiger partial charge in [-0.25, -0.2) is 4.68 Å². The molecule has 28 heavy (non-hydrogen) atoms. The Hall–Kier alpha value is -2.87. The van der Waals surface area contributed by atoms with E-state index >= 15 is 0 Å². The summed E-state index contributed by atoms with van der Waals surface area (Å²) < 4.78 is 46.0. The van der Waals surface area contributed by atoms with Gasteiger partial charge in [-0.05, 0) is 42.3 Å². The topological polar surface area (TPSA) is 43.2 Å². The maximum atomic E-state index is 12.9. The van der Waals surface area contributed by atoms with Crippen LogP contribution in [0.3, 0.4) is 0 Å². The molecule has 5 nitrogen and oxygen atoms in total. The minimum Gasteiger partial charge on any atom is -0.350 e. The van der Waals surface area contributed by atoms with Gasteiger partial charge >= 0.3 is 6.18 Å². The smallest absolute Gasteiger partial charge is 0.350 e. The highest BCUT2D eigenvalue weighted by Gasteiger charge is 2.31. The highest BCUT2D eigenvalue weighted by molar-refractivity contribution is 5.50. The van der Waals surface area contributed by atoms with Crippen molar-refractivity contribution in [3.8, 4) is 0 Å². The fourth-order valence-corrected chi connectivity index (χ4v) is 3.32. The van der Waals surface area contributed by atoms with E-state index in [9.17, 15) is 13.2 Å². The molecule has 0 N–H and O–H groups in total. The molecule has 0 radical (unpaired) electrons. The summed E-state index contributed by atoms with van der Waals surface area (Å²) in [6.07, 6.45) is -3.01. The average molecular weight is 388 g/mol. The van der Waals surface area contributed by atoms with Gasteiger partial charge in [0.05, 0.1) is 24.9 Å². The zero-order valence-electron chi connectivity index (χ0n) is 15.2. The summed E-state index contributed by atoms with van der Waals surface area (Å²) in [6, 6.07) is 13.3. The molecule has 3 aromatic rings. The van der Waals surface area contributed by atoms with Crippen LogP contribution in [0.4, 0.5) is 18.9 Å². The summed E-state index contributed by atoms with van der Waals surface area (Å²) >= 11 is 0. The van der Waals surface area contributed by atoms with Crippen molar-refractivity contribution in [3.05, 3.63) is 77.1 Å². The molecule has 2 aromatic carbocycles. The molecule has 8 heteroatoms. The molecule has 0 spiro atoms. The quantitative estimate of drug-likeness (QED) is 0.672. The molecular formula is C20H19F3N4O. The third-order valence-corrected chi connectivity index (χ3v) is 4.63. The monoisotopic (exact) mass is 388 g/mol. The lowest BCUT2D eigenvalue weighted by Gasteiger charge is -2.23. The highest BCUT2D eigenvalue weighted by Crippen LogP contribution is 2.32. The van der Waals surface area contributed by atoms with Crippen LogP contribution < -0.4 is 4.90 Å². The van der Waals surface area contributed by atoms with Crippen LogP contribution in [-0.2, 0) is 17.5 Å². The van der Waals surface area contributed by atoms with Crippen LogP contribution in [-0.4, -0.2) is 28.1 Å². The Kier molecular flexibility index (Phi) is 4.80. The number of halogens is 3. The molecule has 2 heterocycles. The van der Waals surface area contributed by atoms with Gasteiger partial charge in [0.25, 0.3) is 0 Å². The normalized spacial score (nSPS) is 17.3. The van der Waals surface area contributed by atoms with Gasteiger partial charge in [-0.2, -0.15) is 13.2 Å². The molecule has 0 saturated carbocycles. The van der Waals surface area contributed by atoms with Gasteiger partial charge in [-0.1, -0.05) is 29.5 Å². The second-order valence-corrected chi connectivity index (χ2v) is 6.79. The zero-order chi connectivity index (χ0) is 19.7. The Morgan fingerprint density at radius 3 is 2.75 bits per heavy atom. The molecule has 0 unspecified atom stereocenters. The van der Waals surface area contributed by atoms with E-state index in [0.29, 0.717) is 17.9 Å². The van der Waals surface area contributed by atoms with Crippen molar-refractivity contribution in [3.63, 3.8) is 0 Å². The van der Waals surface area contributed by atoms with Gasteiger partial charge in [0.15, 0.2) is 6.23 Å². The van der Waals surface area contributed by atoms with E-state index in [2.05, 4.69) is 21.3 Å². The number of ether oxygens (including phenoxy) is 1. The van der Waals surface area contributed by atoms with Crippen molar-refractivity contribution < 1.29 is 17.9 Å². The second kappa shape index (κ2) is 7.27. The van der Waals surface area contributed by atoms with E-state index in [4.69, 9.17) is 4.74 Å². The molecule has 4 rings (SSSR count). The SMILES string of the molecule is Cc1cccc(N2CCO[C@H]2c2cn(Cc3cccc(C(F)(F)F)c3)nn2)c1. The summed E-state index contributed by atoms with van der Waals surface area (Å²) in [5, 5.41) is 8.26. The van der Waals surface area contributed by atoms with Gasteiger partial charge in [0, 0.05) is 12.2 Å². The van der Waals surface area contributed by atoms with Gasteiger partial charge < -0.3 is 9.64 Å². The Morgan fingerprint density at radius 2 is 1.96 bits per heavy atom. The number of rotatable bonds is 4. The number of alkyl halides is 3. The maximum absolute atomic E-state index is 12.9. The molecule has 1 saturated heterocycles. The zero-order valence-corrected chi connectivity index (χ0v) is 15.2. The first-order valence-corrected chi connectivity index (χ1v) is 8.91. The first-order valence-electron chi connectivity index (χ1n) is 8.91. The molecule has 1 fully saturated rings. The van der Waals surface area contributed by atoms with Crippen LogP contribution in [0.5, 0.6) is 0 Å². The van der Waals surface area contributed by atoms with Gasteiger partial charge in [0.2, 0.25) is 0 Å². The van der Waals surface area contributed by atoms with Crippen LogP contribution in [0.15, 0.2) is 54.7 Å². The fourth-order valence-electron chi connectivity index (χ4n) is 3.32. The Bertz CT molecular complexity index is 970. The van der Waals surface area contributed by atoms with E-state index in [1.807, 2.05) is 25.1 Å². The van der Waals surface area contributed by atoms with Crippen LogP contribution in [0, 0.1) is 6.92 Å². The fraction of sp³-hybridized carbons (Fsp3) is 0.300. The van der Waals surface area contributed by atoms with Crippen LogP contribution in [0.2, 0.25) is 0 Å². The van der Waals surface area contributed by atoms with E-state index in [1.54, 1.807) is 12.3 Å². The van der Waals surface area contributed by atoms with Crippen LogP contribution in [0.25, 0.3) is 0 Å². The number of nitrogens with zero attached hydrogens (tertiary/aromatic N) is 4. The predicted octanol–water partition coefficient (Wildman–Crippen LogP) is 4.19. The summed E-state index contributed by atoms with van der Waals surface area (Å²) in [5.74, 6) is 0. The summed E-state index contributed by atoms with van der Waals surface area (Å²) in [7, 11) is 0. The molecule has 1 aromatic heterocycles. The van der Waals surface area contributed by atoms with Crippen molar-refractivity contribution in [1.82, 2.24) is 15.0 Å². The van der Waals surface area contributed by atoms with E-state index in [-0.39, 0.29) is 12.8 Å². The number of benzene rings is 2. The number of aromatic nitrogens is 3. The number of hydrogen-bond acceptors (Lipinski definition) is 4. The highest BCUT2D eigenvalue weighted by atomic mass is 19.4. The molecule has 1 aliphatic heterocycles. The lowest BCUT2D eigenvalue weighted by atomic mass is 10.1. The molecular weight excluding hydrogens is 369 g/mol. The predicted molar refractivity (Wildman–Crippen MR) is 97.8 cm³/mol. The number of hydrogen-bond donors (Lipinski definition) is 0. The lowest BCUT2D eigenvalue weighted by molar-refractivity contribution is -0.137. The van der Waals surface area contributed by atoms with Gasteiger partial charge in [-0.3, -0.25) is 0 Å². The minimum absolute atomic E-state index is 0.202. The van der Waals surface area contributed by atoms with Crippen molar-refractivity contribution in [2.24, 2.45) is 0 Å². The van der Waals surface area contributed by atoms with Gasteiger partial charge in [-0.15, -0.1) is 5.10 Å². The first kappa shape index (κ1) is 18.5. The molecule has 0 amide bonds. The summed E-state index contributed by atoms with van der Waals surface area (Å²) in [6.45, 7) is 3.53. The van der Waals surface area contributed by atoms with Crippen LogP contribution >= 0.6 is 0 Å². The lowest BCUT2D eigenvalue weighted by Crippen LogP contribution is -2.23. The number of anilines is 1. The average Bonchev–Trinajstić information content (AvgIpc) is 3.30. The molecule has 1 atom stereocenters. The Morgan fingerprint density at radius 1 is 1.14 bits per heavy atom. The third kappa shape index (κ3) is 3.87. The minimum atomic E-state index is -4.37.